The van der Waals surface area contributed by atoms with Crippen molar-refractivity contribution in [1.29, 1.82) is 0 Å². The van der Waals surface area contributed by atoms with Crippen molar-refractivity contribution in [2.45, 2.75) is 173 Å². The summed E-state index contributed by atoms with van der Waals surface area (Å²) in [5, 5.41) is 23.8. The van der Waals surface area contributed by atoms with E-state index in [4.69, 9.17) is 14.8 Å². The third kappa shape index (κ3) is 28.4. The van der Waals surface area contributed by atoms with Gasteiger partial charge < -0.3 is 26.2 Å². The molecule has 4 atom stereocenters. The summed E-state index contributed by atoms with van der Waals surface area (Å²) < 4.78 is 21.9. The van der Waals surface area contributed by atoms with E-state index in [9.17, 15) is 24.5 Å². The van der Waals surface area contributed by atoms with E-state index in [1.807, 2.05) is 6.08 Å². The van der Waals surface area contributed by atoms with Gasteiger partial charge in [-0.1, -0.05) is 142 Å². The Bertz CT molecular complexity index is 711. The van der Waals surface area contributed by atoms with Crippen molar-refractivity contribution >= 4 is 13.7 Å². The lowest BCUT2D eigenvalue weighted by molar-refractivity contribution is -0.124. The molecule has 0 heterocycles. The second kappa shape index (κ2) is 29.9. The lowest BCUT2D eigenvalue weighted by Crippen LogP contribution is -2.46. The van der Waals surface area contributed by atoms with Crippen LogP contribution in [0.15, 0.2) is 12.2 Å². The Morgan fingerprint density at radius 2 is 1.28 bits per heavy atom. The number of nitrogens with one attached hydrogen (secondary N) is 1. The van der Waals surface area contributed by atoms with Gasteiger partial charge in [-0.05, 0) is 19.3 Å². The fourth-order valence-corrected chi connectivity index (χ4v) is 5.76. The second-order valence-electron chi connectivity index (χ2n) is 11.9. The first-order chi connectivity index (χ1) is 20.8. The number of phosphoric ester groups is 1. The van der Waals surface area contributed by atoms with E-state index in [0.29, 0.717) is 6.42 Å². The average Bonchev–Trinajstić information content (AvgIpc) is 2.97. The fraction of sp³-hybridized carbons (Fsp3) is 0.909. The first kappa shape index (κ1) is 42.2. The third-order valence-corrected chi connectivity index (χ3v) is 8.65. The summed E-state index contributed by atoms with van der Waals surface area (Å²) in [5.74, 6) is -0.449. The summed E-state index contributed by atoms with van der Waals surface area (Å²) >= 11 is 0. The van der Waals surface area contributed by atoms with Crippen molar-refractivity contribution in [1.82, 2.24) is 5.32 Å². The molecule has 256 valence electrons. The zero-order chi connectivity index (χ0) is 32.0. The Kier molecular flexibility index (Phi) is 29.3. The van der Waals surface area contributed by atoms with E-state index >= 15 is 0 Å². The van der Waals surface area contributed by atoms with Gasteiger partial charge in [0.25, 0.3) is 0 Å². The molecular formula is C33H67N2O7P. The van der Waals surface area contributed by atoms with Crippen LogP contribution in [0.5, 0.6) is 0 Å². The van der Waals surface area contributed by atoms with E-state index in [-0.39, 0.29) is 19.6 Å². The van der Waals surface area contributed by atoms with Crippen LogP contribution in [0, 0.1) is 0 Å². The standard InChI is InChI=1S/C33H67N2O7P/c1-3-5-7-9-11-13-14-15-17-19-21-23-25-32(37)31(29-42-43(39,40)41-27-26-34)35-33(38)28-30(36)24-22-20-18-16-12-10-8-6-4-2/h23,25,30-32,36-37H,3-22,24,26-29,34H2,1-2H3,(H,35,38)(H,39,40)/b25-23+. The van der Waals surface area contributed by atoms with Gasteiger partial charge in [0.05, 0.1) is 37.9 Å². The molecule has 0 aliphatic rings. The molecule has 0 aromatic rings. The minimum Gasteiger partial charge on any atom is -0.393 e. The molecule has 0 aromatic carbocycles. The van der Waals surface area contributed by atoms with Crippen LogP contribution in [0.3, 0.4) is 0 Å². The van der Waals surface area contributed by atoms with Gasteiger partial charge in [0.2, 0.25) is 5.91 Å². The summed E-state index contributed by atoms with van der Waals surface area (Å²) in [6, 6.07) is -0.974. The molecule has 1 amide bonds. The molecule has 10 heteroatoms. The predicted molar refractivity (Wildman–Crippen MR) is 177 cm³/mol. The molecule has 43 heavy (non-hydrogen) atoms. The van der Waals surface area contributed by atoms with Crippen LogP contribution >= 0.6 is 7.82 Å². The van der Waals surface area contributed by atoms with Crippen molar-refractivity contribution in [3.63, 3.8) is 0 Å². The van der Waals surface area contributed by atoms with Gasteiger partial charge in [-0.25, -0.2) is 4.57 Å². The summed E-state index contributed by atoms with van der Waals surface area (Å²) in [6.45, 7) is 3.91. The van der Waals surface area contributed by atoms with Gasteiger partial charge in [0.15, 0.2) is 0 Å². The number of amides is 1. The van der Waals surface area contributed by atoms with Crippen LogP contribution < -0.4 is 11.1 Å². The molecule has 9 nitrogen and oxygen atoms in total. The number of nitrogens with two attached hydrogens (primary N) is 1. The van der Waals surface area contributed by atoms with Crippen LogP contribution in [0.1, 0.15) is 155 Å². The van der Waals surface area contributed by atoms with Crippen LogP contribution in [-0.2, 0) is 18.4 Å². The zero-order valence-electron chi connectivity index (χ0n) is 27.6. The van der Waals surface area contributed by atoms with Crippen LogP contribution in [-0.4, -0.2) is 59.0 Å². The SMILES string of the molecule is CCCCCCCCCCCC/C=C/C(O)C(COP(=O)(O)OCCN)NC(=O)CC(O)CCCCCCCCCCC. The molecule has 0 fully saturated rings. The van der Waals surface area contributed by atoms with Crippen molar-refractivity contribution in [2.24, 2.45) is 5.73 Å². The predicted octanol–water partition coefficient (Wildman–Crippen LogP) is 7.46. The Hall–Kier alpha value is -0.800. The number of rotatable bonds is 32. The number of aliphatic hydroxyl groups is 2. The third-order valence-electron chi connectivity index (χ3n) is 7.67. The monoisotopic (exact) mass is 634 g/mol. The van der Waals surface area contributed by atoms with Gasteiger partial charge >= 0.3 is 7.82 Å². The summed E-state index contributed by atoms with van der Waals surface area (Å²) in [6.07, 6.45) is 25.8. The first-order valence-electron chi connectivity index (χ1n) is 17.4. The molecule has 0 aromatic heterocycles. The van der Waals surface area contributed by atoms with Crippen molar-refractivity contribution in [2.75, 3.05) is 19.8 Å². The van der Waals surface area contributed by atoms with Crippen molar-refractivity contribution < 1.29 is 33.5 Å². The molecule has 0 spiro atoms. The van der Waals surface area contributed by atoms with E-state index in [1.54, 1.807) is 6.08 Å². The average molecular weight is 635 g/mol. The van der Waals surface area contributed by atoms with Crippen LogP contribution in [0.4, 0.5) is 0 Å². The molecule has 0 saturated heterocycles. The summed E-state index contributed by atoms with van der Waals surface area (Å²) in [7, 11) is -4.38. The molecule has 0 aliphatic carbocycles. The van der Waals surface area contributed by atoms with Crippen LogP contribution in [0.2, 0.25) is 0 Å². The molecule has 0 radical (unpaired) electrons. The summed E-state index contributed by atoms with van der Waals surface area (Å²) in [5.41, 5.74) is 5.33. The number of hydrogen-bond acceptors (Lipinski definition) is 7. The van der Waals surface area contributed by atoms with Crippen LogP contribution in [0.25, 0.3) is 0 Å². The number of hydrogen-bond donors (Lipinski definition) is 5. The number of carbonyl (C=O) groups is 1. The van der Waals surface area contributed by atoms with Crippen molar-refractivity contribution in [3.8, 4) is 0 Å². The Morgan fingerprint density at radius 1 is 0.791 bits per heavy atom. The van der Waals surface area contributed by atoms with Gasteiger partial charge in [-0.3, -0.25) is 13.8 Å². The van der Waals surface area contributed by atoms with Crippen molar-refractivity contribution in [3.05, 3.63) is 12.2 Å². The molecule has 0 bridgehead atoms. The van der Waals surface area contributed by atoms with Gasteiger partial charge in [-0.15, -0.1) is 0 Å². The van der Waals surface area contributed by atoms with E-state index in [1.165, 1.54) is 89.9 Å². The largest absolute Gasteiger partial charge is 0.472 e. The molecule has 4 unspecified atom stereocenters. The highest BCUT2D eigenvalue weighted by atomic mass is 31.2. The first-order valence-corrected chi connectivity index (χ1v) is 18.9. The Balaban J connectivity index is 4.52. The Labute approximate surface area is 263 Å². The lowest BCUT2D eigenvalue weighted by atomic mass is 10.0. The van der Waals surface area contributed by atoms with E-state index < -0.39 is 38.6 Å². The fourth-order valence-electron chi connectivity index (χ4n) is 5.00. The number of aliphatic hydroxyl groups excluding tert-OH is 2. The maximum Gasteiger partial charge on any atom is 0.472 e. The van der Waals surface area contributed by atoms with E-state index in [0.717, 1.165) is 38.5 Å². The molecule has 6 N–H and O–H groups in total. The smallest absolute Gasteiger partial charge is 0.393 e. The maximum absolute atomic E-state index is 12.7. The highest BCUT2D eigenvalue weighted by Gasteiger charge is 2.27. The molecule has 0 rings (SSSR count). The second-order valence-corrected chi connectivity index (χ2v) is 13.4. The number of unbranched alkanes of at least 4 members (excludes halogenated alkanes) is 18. The van der Waals surface area contributed by atoms with E-state index in [2.05, 4.69) is 19.2 Å². The normalized spacial score (nSPS) is 15.4. The number of allylic oxidation sites excluding steroid dienone is 1. The topological polar surface area (TPSA) is 151 Å². The van der Waals surface area contributed by atoms with Gasteiger partial charge in [-0.2, -0.15) is 0 Å². The zero-order valence-corrected chi connectivity index (χ0v) is 28.5. The highest BCUT2D eigenvalue weighted by molar-refractivity contribution is 7.47. The lowest BCUT2D eigenvalue weighted by Gasteiger charge is -2.24. The Morgan fingerprint density at radius 3 is 1.79 bits per heavy atom. The highest BCUT2D eigenvalue weighted by Crippen LogP contribution is 2.43. The van der Waals surface area contributed by atoms with Gasteiger partial charge in [0.1, 0.15) is 0 Å². The minimum absolute atomic E-state index is 0.0508. The number of carbonyl (C=O) groups excluding carboxylic acids is 1. The number of phosphoric acid groups is 1. The molecule has 0 aliphatic heterocycles. The molecular weight excluding hydrogens is 567 g/mol. The summed E-state index contributed by atoms with van der Waals surface area (Å²) in [4.78, 5) is 22.5. The minimum atomic E-state index is -4.38. The van der Waals surface area contributed by atoms with Gasteiger partial charge in [0, 0.05) is 6.54 Å². The molecule has 0 saturated carbocycles. The maximum atomic E-state index is 12.7. The quantitative estimate of drug-likeness (QED) is 0.0290.